The maximum Gasteiger partial charge on any atom is 0.0574 e. The van der Waals surface area contributed by atoms with Crippen molar-refractivity contribution in [1.82, 2.24) is 10.2 Å². The van der Waals surface area contributed by atoms with E-state index in [4.69, 9.17) is 0 Å². The lowest BCUT2D eigenvalue weighted by atomic mass is 10.2. The van der Waals surface area contributed by atoms with Crippen LogP contribution in [0.3, 0.4) is 0 Å². The Balaban J connectivity index is 0. The van der Waals surface area contributed by atoms with Crippen molar-refractivity contribution in [2.24, 2.45) is 0 Å². The lowest BCUT2D eigenvalue weighted by molar-refractivity contribution is 1.02. The maximum absolute atomic E-state index is 3.70. The Hall–Kier alpha value is -1.44. The SMILES string of the molecule is C=Cc1cnncc1C=C.CC.CC. The lowest BCUT2D eigenvalue weighted by Crippen LogP contribution is -1.85. The number of hydrogen-bond acceptors (Lipinski definition) is 2. The standard InChI is InChI=1S/C8H8N2.2C2H6/c1-3-7-5-9-10-6-8(7)4-2;2*1-2/h3-6H,1-2H2;2*1-2H3. The fraction of sp³-hybridized carbons (Fsp3) is 0.333. The molecule has 0 saturated heterocycles. The summed E-state index contributed by atoms with van der Waals surface area (Å²) in [4.78, 5) is 0. The van der Waals surface area contributed by atoms with Crippen molar-refractivity contribution in [3.63, 3.8) is 0 Å². The van der Waals surface area contributed by atoms with Crippen LogP contribution in [0.1, 0.15) is 38.8 Å². The number of nitrogens with zero attached hydrogens (tertiary/aromatic N) is 2. The molecule has 2 heteroatoms. The summed E-state index contributed by atoms with van der Waals surface area (Å²) in [6, 6.07) is 0. The molecule has 0 fully saturated rings. The van der Waals surface area contributed by atoms with Gasteiger partial charge < -0.3 is 0 Å². The highest BCUT2D eigenvalue weighted by Gasteiger charge is 1.91. The van der Waals surface area contributed by atoms with Crippen LogP contribution in [0, 0.1) is 0 Å². The Morgan fingerprint density at radius 1 is 0.857 bits per heavy atom. The fourth-order valence-electron chi connectivity index (χ4n) is 0.681. The second-order valence-corrected chi connectivity index (χ2v) is 1.81. The van der Waals surface area contributed by atoms with E-state index in [1.54, 1.807) is 24.5 Å². The second kappa shape index (κ2) is 11.6. The Kier molecular flexibility index (Phi) is 12.4. The topological polar surface area (TPSA) is 25.8 Å². The van der Waals surface area contributed by atoms with E-state index in [9.17, 15) is 0 Å². The van der Waals surface area contributed by atoms with Gasteiger partial charge in [0.15, 0.2) is 0 Å². The van der Waals surface area contributed by atoms with Crippen molar-refractivity contribution < 1.29 is 0 Å². The van der Waals surface area contributed by atoms with E-state index in [0.29, 0.717) is 0 Å². The molecule has 2 nitrogen and oxygen atoms in total. The smallest absolute Gasteiger partial charge is 0.0574 e. The molecule has 1 aromatic heterocycles. The van der Waals surface area contributed by atoms with Crippen LogP contribution in [0.4, 0.5) is 0 Å². The highest BCUT2D eigenvalue weighted by molar-refractivity contribution is 5.61. The minimum atomic E-state index is 0.963. The molecular weight excluding hydrogens is 172 g/mol. The average Bonchev–Trinajstić information content (AvgIpc) is 2.34. The molecule has 0 aliphatic heterocycles. The van der Waals surface area contributed by atoms with Crippen LogP contribution >= 0.6 is 0 Å². The third kappa shape index (κ3) is 5.25. The molecule has 0 aliphatic carbocycles. The van der Waals surface area contributed by atoms with Gasteiger partial charge in [0.2, 0.25) is 0 Å². The highest BCUT2D eigenvalue weighted by Crippen LogP contribution is 2.06. The summed E-state index contributed by atoms with van der Waals surface area (Å²) in [5.74, 6) is 0. The van der Waals surface area contributed by atoms with Crippen molar-refractivity contribution in [3.8, 4) is 0 Å². The normalized spacial score (nSPS) is 7.14. The summed E-state index contributed by atoms with van der Waals surface area (Å²) in [6.45, 7) is 15.2. The summed E-state index contributed by atoms with van der Waals surface area (Å²) in [6.07, 6.45) is 6.77. The lowest BCUT2D eigenvalue weighted by Gasteiger charge is -1.94. The van der Waals surface area contributed by atoms with Gasteiger partial charge in [0.05, 0.1) is 12.4 Å². The zero-order valence-corrected chi connectivity index (χ0v) is 9.62. The first kappa shape index (κ1) is 15.1. The molecule has 0 aromatic carbocycles. The van der Waals surface area contributed by atoms with Crippen molar-refractivity contribution in [3.05, 3.63) is 36.7 Å². The number of hydrogen-bond donors (Lipinski definition) is 0. The summed E-state index contributed by atoms with van der Waals surface area (Å²) in [7, 11) is 0. The minimum Gasteiger partial charge on any atom is -0.158 e. The predicted octanol–water partition coefficient (Wildman–Crippen LogP) is 3.82. The molecule has 0 N–H and O–H groups in total. The van der Waals surface area contributed by atoms with Gasteiger partial charge in [-0.2, -0.15) is 10.2 Å². The van der Waals surface area contributed by atoms with Crippen LogP contribution in [0.2, 0.25) is 0 Å². The van der Waals surface area contributed by atoms with E-state index < -0.39 is 0 Å². The monoisotopic (exact) mass is 192 g/mol. The molecule has 78 valence electrons. The van der Waals surface area contributed by atoms with Crippen LogP contribution < -0.4 is 0 Å². The van der Waals surface area contributed by atoms with E-state index in [1.807, 2.05) is 27.7 Å². The minimum absolute atomic E-state index is 0.963. The molecular formula is C12H20N2. The molecule has 0 aliphatic rings. The molecule has 1 heterocycles. The molecule has 1 aromatic rings. The van der Waals surface area contributed by atoms with Crippen LogP contribution in [0.25, 0.3) is 12.2 Å². The van der Waals surface area contributed by atoms with Gasteiger partial charge in [-0.3, -0.25) is 0 Å². The van der Waals surface area contributed by atoms with Gasteiger partial charge in [-0.1, -0.05) is 53.0 Å². The molecule has 0 radical (unpaired) electrons. The highest BCUT2D eigenvalue weighted by atomic mass is 15.1. The first-order valence-corrected chi connectivity index (χ1v) is 4.94. The Morgan fingerprint density at radius 3 is 1.36 bits per heavy atom. The molecule has 0 spiro atoms. The third-order valence-corrected chi connectivity index (χ3v) is 1.23. The van der Waals surface area contributed by atoms with Crippen molar-refractivity contribution >= 4 is 12.2 Å². The molecule has 0 bridgehead atoms. The van der Waals surface area contributed by atoms with E-state index in [1.165, 1.54) is 0 Å². The Bertz CT molecular complexity index is 227. The van der Waals surface area contributed by atoms with Gasteiger partial charge in [-0.05, 0) is 0 Å². The summed E-state index contributed by atoms with van der Waals surface area (Å²) >= 11 is 0. The Labute approximate surface area is 87.4 Å². The molecule has 1 rings (SSSR count). The largest absolute Gasteiger partial charge is 0.158 e. The summed E-state index contributed by atoms with van der Waals surface area (Å²) < 4.78 is 0. The van der Waals surface area contributed by atoms with E-state index in [0.717, 1.165) is 11.1 Å². The zero-order chi connectivity index (χ0) is 11.4. The van der Waals surface area contributed by atoms with Crippen molar-refractivity contribution in [2.45, 2.75) is 27.7 Å². The van der Waals surface area contributed by atoms with Crippen LogP contribution in [0.15, 0.2) is 25.6 Å². The van der Waals surface area contributed by atoms with Gasteiger partial charge in [0.1, 0.15) is 0 Å². The van der Waals surface area contributed by atoms with Gasteiger partial charge in [-0.25, -0.2) is 0 Å². The summed E-state index contributed by atoms with van der Waals surface area (Å²) in [5.41, 5.74) is 1.93. The predicted molar refractivity (Wildman–Crippen MR) is 64.9 cm³/mol. The van der Waals surface area contributed by atoms with E-state index in [-0.39, 0.29) is 0 Å². The van der Waals surface area contributed by atoms with E-state index in [2.05, 4.69) is 23.4 Å². The maximum atomic E-state index is 3.70. The summed E-state index contributed by atoms with van der Waals surface area (Å²) in [5, 5.41) is 7.39. The van der Waals surface area contributed by atoms with Crippen LogP contribution in [-0.2, 0) is 0 Å². The van der Waals surface area contributed by atoms with Gasteiger partial charge in [0, 0.05) is 11.1 Å². The van der Waals surface area contributed by atoms with Crippen molar-refractivity contribution in [1.29, 1.82) is 0 Å². The second-order valence-electron chi connectivity index (χ2n) is 1.81. The number of aromatic nitrogens is 2. The Morgan fingerprint density at radius 2 is 1.14 bits per heavy atom. The first-order valence-electron chi connectivity index (χ1n) is 4.94. The van der Waals surface area contributed by atoms with Crippen LogP contribution in [0.5, 0.6) is 0 Å². The van der Waals surface area contributed by atoms with Gasteiger partial charge in [0.25, 0.3) is 0 Å². The quantitative estimate of drug-likeness (QED) is 0.712. The fourth-order valence-corrected chi connectivity index (χ4v) is 0.681. The average molecular weight is 192 g/mol. The first-order chi connectivity index (χ1) is 6.88. The van der Waals surface area contributed by atoms with E-state index >= 15 is 0 Å². The van der Waals surface area contributed by atoms with Crippen molar-refractivity contribution in [2.75, 3.05) is 0 Å². The third-order valence-electron chi connectivity index (χ3n) is 1.23. The van der Waals surface area contributed by atoms with Gasteiger partial charge in [-0.15, -0.1) is 0 Å². The molecule has 0 saturated carbocycles. The molecule has 0 atom stereocenters. The van der Waals surface area contributed by atoms with Gasteiger partial charge >= 0.3 is 0 Å². The zero-order valence-electron chi connectivity index (χ0n) is 9.62. The number of rotatable bonds is 2. The molecule has 14 heavy (non-hydrogen) atoms. The van der Waals surface area contributed by atoms with Crippen LogP contribution in [-0.4, -0.2) is 10.2 Å². The molecule has 0 unspecified atom stereocenters. The molecule has 0 amide bonds.